The first-order valence-electron chi connectivity index (χ1n) is 9.49. The molecule has 148 valence electrons. The monoisotopic (exact) mass is 409 g/mol. The highest BCUT2D eigenvalue weighted by Crippen LogP contribution is 2.36. The van der Waals surface area contributed by atoms with Crippen molar-refractivity contribution in [3.05, 3.63) is 47.3 Å². The third-order valence-corrected chi connectivity index (χ3v) is 5.54. The molecule has 4 rings (SSSR count). The van der Waals surface area contributed by atoms with Crippen LogP contribution in [0, 0.1) is 17.1 Å². The van der Waals surface area contributed by atoms with E-state index in [1.807, 2.05) is 11.0 Å². The number of nitriles is 1. The minimum Gasteiger partial charge on any atom is -0.453 e. The maximum absolute atomic E-state index is 14.5. The van der Waals surface area contributed by atoms with Crippen LogP contribution in [0.5, 0.6) is 11.5 Å². The van der Waals surface area contributed by atoms with Crippen LogP contribution < -0.4 is 9.46 Å². The van der Waals surface area contributed by atoms with Crippen molar-refractivity contribution in [2.24, 2.45) is 9.98 Å². The van der Waals surface area contributed by atoms with Gasteiger partial charge in [0, 0.05) is 24.4 Å². The quantitative estimate of drug-likeness (QED) is 0.532. The predicted octanol–water partition coefficient (Wildman–Crippen LogP) is 5.09. The summed E-state index contributed by atoms with van der Waals surface area (Å²) in [5.41, 5.74) is 2.31. The Labute approximate surface area is 173 Å². The van der Waals surface area contributed by atoms with E-state index in [1.165, 1.54) is 18.0 Å². The van der Waals surface area contributed by atoms with Gasteiger partial charge in [-0.05, 0) is 43.2 Å². The minimum absolute atomic E-state index is 0.0868. The Hall–Kier alpha value is -3.05. The summed E-state index contributed by atoms with van der Waals surface area (Å²) in [6.07, 6.45) is 3.76. The SMILES string of the molecule is CCCSNc1ccc(F)c(Oc2ccc3c(c2)C2=NCCCN2C=N3)c1C#N. The normalized spacial score (nSPS) is 14.5. The fraction of sp³-hybridized carbons (Fsp3) is 0.286. The van der Waals surface area contributed by atoms with E-state index in [0.717, 1.165) is 48.8 Å². The molecule has 8 heteroatoms. The number of anilines is 1. The van der Waals surface area contributed by atoms with Crippen LogP contribution in [0.2, 0.25) is 0 Å². The highest BCUT2D eigenvalue weighted by Gasteiger charge is 2.23. The van der Waals surface area contributed by atoms with Crippen LogP contribution in [0.3, 0.4) is 0 Å². The zero-order valence-corrected chi connectivity index (χ0v) is 16.8. The number of aliphatic imine (C=N–C) groups is 2. The van der Waals surface area contributed by atoms with Crippen molar-refractivity contribution in [3.8, 4) is 17.6 Å². The number of rotatable bonds is 6. The van der Waals surface area contributed by atoms with E-state index in [4.69, 9.17) is 4.74 Å². The lowest BCUT2D eigenvalue weighted by Crippen LogP contribution is -2.36. The number of nitrogens with one attached hydrogen (secondary N) is 1. The van der Waals surface area contributed by atoms with E-state index < -0.39 is 5.82 Å². The molecule has 6 nitrogen and oxygen atoms in total. The van der Waals surface area contributed by atoms with Crippen LogP contribution in [0.1, 0.15) is 30.9 Å². The first-order chi connectivity index (χ1) is 14.2. The Morgan fingerprint density at radius 1 is 1.34 bits per heavy atom. The molecule has 0 saturated heterocycles. The van der Waals surface area contributed by atoms with Crippen LogP contribution in [-0.2, 0) is 0 Å². The lowest BCUT2D eigenvalue weighted by atomic mass is 10.1. The highest BCUT2D eigenvalue weighted by atomic mass is 32.2. The summed E-state index contributed by atoms with van der Waals surface area (Å²) in [5.74, 6) is 1.49. The van der Waals surface area contributed by atoms with Gasteiger partial charge in [0.2, 0.25) is 0 Å². The van der Waals surface area contributed by atoms with Gasteiger partial charge in [-0.2, -0.15) is 5.26 Å². The average molecular weight is 409 g/mol. The van der Waals surface area contributed by atoms with Gasteiger partial charge < -0.3 is 14.4 Å². The number of ether oxygens (including phenoxy) is 1. The Kier molecular flexibility index (Phi) is 5.67. The number of halogens is 1. The van der Waals surface area contributed by atoms with Crippen LogP contribution in [-0.4, -0.2) is 35.9 Å². The minimum atomic E-state index is -0.583. The Morgan fingerprint density at radius 3 is 3.07 bits per heavy atom. The summed E-state index contributed by atoms with van der Waals surface area (Å²) < 4.78 is 23.5. The molecular weight excluding hydrogens is 389 g/mol. The molecule has 0 bridgehead atoms. The fourth-order valence-corrected chi connectivity index (χ4v) is 3.81. The largest absolute Gasteiger partial charge is 0.453 e. The van der Waals surface area contributed by atoms with Crippen molar-refractivity contribution in [1.82, 2.24) is 4.90 Å². The number of fused-ring (bicyclic) bond motifs is 3. The highest BCUT2D eigenvalue weighted by molar-refractivity contribution is 8.00. The molecule has 0 amide bonds. The summed E-state index contributed by atoms with van der Waals surface area (Å²) in [5, 5.41) is 9.61. The van der Waals surface area contributed by atoms with Crippen LogP contribution >= 0.6 is 11.9 Å². The van der Waals surface area contributed by atoms with Crippen molar-refractivity contribution in [3.63, 3.8) is 0 Å². The van der Waals surface area contributed by atoms with E-state index >= 15 is 0 Å². The maximum atomic E-state index is 14.5. The standard InChI is InChI=1S/C21H20FN5OS/c1-2-10-29-26-19-7-5-17(22)20(16(19)12-23)28-14-4-6-18-15(11-14)21-24-8-3-9-27(21)13-25-18/h4-7,11,13,26H,2-3,8-10H2,1H3. The molecule has 2 aromatic rings. The third kappa shape index (κ3) is 3.91. The van der Waals surface area contributed by atoms with E-state index in [-0.39, 0.29) is 11.3 Å². The molecule has 0 aromatic heterocycles. The molecule has 29 heavy (non-hydrogen) atoms. The van der Waals surface area contributed by atoms with Crippen molar-refractivity contribution in [1.29, 1.82) is 5.26 Å². The van der Waals surface area contributed by atoms with E-state index in [9.17, 15) is 9.65 Å². The number of nitrogens with zero attached hydrogens (tertiary/aromatic N) is 4. The maximum Gasteiger partial charge on any atom is 0.182 e. The number of amidine groups is 1. The second-order valence-electron chi connectivity index (χ2n) is 6.64. The molecular formula is C21H20FN5OS. The molecule has 0 spiro atoms. The smallest absolute Gasteiger partial charge is 0.182 e. The van der Waals surface area contributed by atoms with Crippen molar-refractivity contribution in [2.45, 2.75) is 19.8 Å². The summed E-state index contributed by atoms with van der Waals surface area (Å²) >= 11 is 1.47. The molecule has 0 saturated carbocycles. The van der Waals surface area contributed by atoms with Gasteiger partial charge in [0.1, 0.15) is 23.2 Å². The zero-order valence-electron chi connectivity index (χ0n) is 16.0. The Morgan fingerprint density at radius 2 is 2.24 bits per heavy atom. The lowest BCUT2D eigenvalue weighted by molar-refractivity contribution is 0.441. The molecule has 0 atom stereocenters. The van der Waals surface area contributed by atoms with Crippen LogP contribution in [0.15, 0.2) is 40.3 Å². The van der Waals surface area contributed by atoms with Gasteiger partial charge in [-0.25, -0.2) is 9.38 Å². The molecule has 2 aliphatic rings. The Balaban J connectivity index is 1.67. The van der Waals surface area contributed by atoms with Crippen LogP contribution in [0.4, 0.5) is 15.8 Å². The second-order valence-corrected chi connectivity index (χ2v) is 7.54. The van der Waals surface area contributed by atoms with Gasteiger partial charge in [-0.1, -0.05) is 18.9 Å². The number of benzene rings is 2. The molecule has 0 unspecified atom stereocenters. The van der Waals surface area contributed by atoms with Crippen molar-refractivity contribution >= 4 is 35.5 Å². The Bertz CT molecular complexity index is 1030. The number of hydrogen-bond acceptors (Lipinski definition) is 7. The molecule has 0 aliphatic carbocycles. The summed E-state index contributed by atoms with van der Waals surface area (Å²) in [6.45, 7) is 3.70. The fourth-order valence-electron chi connectivity index (χ4n) is 3.18. The van der Waals surface area contributed by atoms with E-state index in [2.05, 4.69) is 27.7 Å². The topological polar surface area (TPSA) is 73.0 Å². The van der Waals surface area contributed by atoms with Gasteiger partial charge in [0.25, 0.3) is 0 Å². The molecule has 0 radical (unpaired) electrons. The lowest BCUT2D eigenvalue weighted by Gasteiger charge is -2.29. The number of hydrogen-bond donors (Lipinski definition) is 1. The summed E-state index contributed by atoms with van der Waals surface area (Å²) in [6, 6.07) is 10.3. The molecule has 0 fully saturated rings. The van der Waals surface area contributed by atoms with Gasteiger partial charge in [0.05, 0.1) is 17.7 Å². The van der Waals surface area contributed by atoms with Crippen molar-refractivity contribution < 1.29 is 9.13 Å². The van der Waals surface area contributed by atoms with Gasteiger partial charge in [0.15, 0.2) is 11.6 Å². The molecule has 2 aliphatic heterocycles. The van der Waals surface area contributed by atoms with Crippen LogP contribution in [0.25, 0.3) is 0 Å². The van der Waals surface area contributed by atoms with E-state index in [1.54, 1.807) is 24.5 Å². The zero-order chi connectivity index (χ0) is 20.2. The summed E-state index contributed by atoms with van der Waals surface area (Å²) in [7, 11) is 0. The first kappa shape index (κ1) is 19.3. The van der Waals surface area contributed by atoms with Gasteiger partial charge in [-0.3, -0.25) is 4.99 Å². The molecule has 2 heterocycles. The van der Waals surface area contributed by atoms with Gasteiger partial charge >= 0.3 is 0 Å². The second kappa shape index (κ2) is 8.53. The average Bonchev–Trinajstić information content (AvgIpc) is 2.76. The van der Waals surface area contributed by atoms with Gasteiger partial charge in [-0.15, -0.1) is 0 Å². The summed E-state index contributed by atoms with van der Waals surface area (Å²) in [4.78, 5) is 11.1. The molecule has 2 aromatic carbocycles. The van der Waals surface area contributed by atoms with E-state index in [0.29, 0.717) is 11.4 Å². The third-order valence-electron chi connectivity index (χ3n) is 4.57. The first-order valence-corrected chi connectivity index (χ1v) is 10.5. The van der Waals surface area contributed by atoms with Crippen molar-refractivity contribution in [2.75, 3.05) is 23.6 Å². The predicted molar refractivity (Wildman–Crippen MR) is 115 cm³/mol. The molecule has 1 N–H and O–H groups in total.